The van der Waals surface area contributed by atoms with Crippen LogP contribution in [0.15, 0.2) is 0 Å². The maximum absolute atomic E-state index is 13.1. The van der Waals surface area contributed by atoms with Crippen molar-refractivity contribution in [3.63, 3.8) is 0 Å². The van der Waals surface area contributed by atoms with Gasteiger partial charge in [-0.25, -0.2) is 0 Å². The number of amides is 1. The Bertz CT molecular complexity index is 461. The van der Waals surface area contributed by atoms with Crippen LogP contribution in [0.5, 0.6) is 0 Å². The van der Waals surface area contributed by atoms with Crippen LogP contribution in [0.2, 0.25) is 0 Å². The molecule has 1 aliphatic carbocycles. The number of carbonyl (C=O) groups excluding carboxylic acids is 1. The lowest BCUT2D eigenvalue weighted by Gasteiger charge is -2.39. The minimum absolute atomic E-state index is 0.0860. The zero-order valence-electron chi connectivity index (χ0n) is 12.8. The molecule has 4 nitrogen and oxygen atoms in total. The van der Waals surface area contributed by atoms with Crippen LogP contribution in [0.25, 0.3) is 0 Å². The number of nitrogens with zero attached hydrogens (tertiary/aromatic N) is 1. The SMILES string of the molecule is CC1(C)C(C(F)(F)F)CCN1C(=O)C1CCCC(C(=O)O)C1. The third kappa shape index (κ3) is 3.08. The van der Waals surface area contributed by atoms with E-state index >= 15 is 0 Å². The van der Waals surface area contributed by atoms with E-state index in [1.807, 2.05) is 0 Å². The number of likely N-dealkylation sites (tertiary alicyclic amines) is 1. The lowest BCUT2D eigenvalue weighted by atomic mass is 9.80. The van der Waals surface area contributed by atoms with Crippen molar-refractivity contribution in [3.05, 3.63) is 0 Å². The summed E-state index contributed by atoms with van der Waals surface area (Å²) in [6.07, 6.45) is -2.45. The lowest BCUT2D eigenvalue weighted by molar-refractivity contribution is -0.193. The molecule has 0 aromatic carbocycles. The molecule has 1 saturated heterocycles. The number of carboxylic acid groups (broad SMARTS) is 1. The van der Waals surface area contributed by atoms with Gasteiger partial charge in [0.05, 0.1) is 11.8 Å². The van der Waals surface area contributed by atoms with Crippen molar-refractivity contribution < 1.29 is 27.9 Å². The van der Waals surface area contributed by atoms with Crippen molar-refractivity contribution in [2.24, 2.45) is 17.8 Å². The van der Waals surface area contributed by atoms with E-state index in [0.29, 0.717) is 19.3 Å². The monoisotopic (exact) mass is 321 g/mol. The summed E-state index contributed by atoms with van der Waals surface area (Å²) < 4.78 is 39.3. The molecule has 3 atom stereocenters. The topological polar surface area (TPSA) is 57.6 Å². The van der Waals surface area contributed by atoms with Gasteiger partial charge in [-0.1, -0.05) is 6.42 Å². The first-order valence-electron chi connectivity index (χ1n) is 7.66. The summed E-state index contributed by atoms with van der Waals surface area (Å²) in [6, 6.07) is 0. The Kier molecular flexibility index (Phi) is 4.46. The van der Waals surface area contributed by atoms with Gasteiger partial charge < -0.3 is 10.0 Å². The van der Waals surface area contributed by atoms with Crippen molar-refractivity contribution in [1.82, 2.24) is 4.90 Å². The van der Waals surface area contributed by atoms with Crippen molar-refractivity contribution >= 4 is 11.9 Å². The minimum atomic E-state index is -4.32. The number of alkyl halides is 3. The molecule has 2 fully saturated rings. The van der Waals surface area contributed by atoms with E-state index < -0.39 is 35.4 Å². The van der Waals surface area contributed by atoms with E-state index in [0.717, 1.165) is 0 Å². The first kappa shape index (κ1) is 17.1. The molecule has 2 rings (SSSR count). The van der Waals surface area contributed by atoms with Crippen molar-refractivity contribution in [3.8, 4) is 0 Å². The van der Waals surface area contributed by atoms with Gasteiger partial charge in [-0.2, -0.15) is 13.2 Å². The Morgan fingerprint density at radius 2 is 1.73 bits per heavy atom. The van der Waals surface area contributed by atoms with Crippen LogP contribution < -0.4 is 0 Å². The lowest BCUT2D eigenvalue weighted by Crippen LogP contribution is -2.52. The molecule has 0 radical (unpaired) electrons. The number of hydrogen-bond donors (Lipinski definition) is 1. The molecule has 0 bridgehead atoms. The van der Waals surface area contributed by atoms with Crippen LogP contribution in [-0.4, -0.2) is 40.1 Å². The highest BCUT2D eigenvalue weighted by atomic mass is 19.4. The molecule has 1 saturated carbocycles. The van der Waals surface area contributed by atoms with Gasteiger partial charge in [-0.3, -0.25) is 9.59 Å². The maximum Gasteiger partial charge on any atom is 0.394 e. The minimum Gasteiger partial charge on any atom is -0.481 e. The zero-order valence-corrected chi connectivity index (χ0v) is 12.8. The predicted octanol–water partition coefficient (Wildman–Crippen LogP) is 3.07. The number of carboxylic acids is 1. The molecule has 22 heavy (non-hydrogen) atoms. The maximum atomic E-state index is 13.1. The molecule has 0 aromatic heterocycles. The third-order valence-electron chi connectivity index (χ3n) is 5.22. The first-order chi connectivity index (χ1) is 10.0. The quantitative estimate of drug-likeness (QED) is 0.850. The standard InChI is InChI=1S/C15H22F3NO3/c1-14(2)11(15(16,17)18)6-7-19(14)12(20)9-4-3-5-10(8-9)13(21)22/h9-11H,3-8H2,1-2H3,(H,21,22). The molecule has 0 aromatic rings. The summed E-state index contributed by atoms with van der Waals surface area (Å²) >= 11 is 0. The molecule has 3 unspecified atom stereocenters. The molecular formula is C15H22F3NO3. The number of aliphatic carboxylic acids is 1. The Morgan fingerprint density at radius 3 is 2.23 bits per heavy atom. The second-order valence-corrected chi connectivity index (χ2v) is 6.93. The normalized spacial score (nSPS) is 32.0. The fraction of sp³-hybridized carbons (Fsp3) is 0.867. The van der Waals surface area contributed by atoms with E-state index in [1.54, 1.807) is 0 Å². The Labute approximate surface area is 127 Å². The molecule has 126 valence electrons. The molecule has 1 aliphatic heterocycles. The molecule has 7 heteroatoms. The highest BCUT2D eigenvalue weighted by molar-refractivity contribution is 5.81. The van der Waals surface area contributed by atoms with E-state index in [4.69, 9.17) is 5.11 Å². The van der Waals surface area contributed by atoms with Gasteiger partial charge in [0.15, 0.2) is 0 Å². The van der Waals surface area contributed by atoms with Gasteiger partial charge in [-0.05, 0) is 39.5 Å². The summed E-state index contributed by atoms with van der Waals surface area (Å²) in [5.74, 6) is -3.80. The Hall–Kier alpha value is -1.27. The molecule has 1 amide bonds. The van der Waals surface area contributed by atoms with E-state index in [-0.39, 0.29) is 25.3 Å². The Balaban J connectivity index is 2.11. The summed E-state index contributed by atoms with van der Waals surface area (Å²) in [7, 11) is 0. The van der Waals surface area contributed by atoms with E-state index in [9.17, 15) is 22.8 Å². The van der Waals surface area contributed by atoms with Crippen LogP contribution in [-0.2, 0) is 9.59 Å². The van der Waals surface area contributed by atoms with Gasteiger partial charge in [0, 0.05) is 18.0 Å². The average molecular weight is 321 g/mol. The average Bonchev–Trinajstić information content (AvgIpc) is 2.73. The van der Waals surface area contributed by atoms with Gasteiger partial charge >= 0.3 is 12.1 Å². The molecule has 2 aliphatic rings. The fourth-order valence-electron chi connectivity index (χ4n) is 3.90. The number of carbonyl (C=O) groups is 2. The largest absolute Gasteiger partial charge is 0.481 e. The third-order valence-corrected chi connectivity index (χ3v) is 5.22. The van der Waals surface area contributed by atoms with Gasteiger partial charge in [-0.15, -0.1) is 0 Å². The van der Waals surface area contributed by atoms with Crippen molar-refractivity contribution in [1.29, 1.82) is 0 Å². The molecule has 1 N–H and O–H groups in total. The molecular weight excluding hydrogens is 299 g/mol. The fourth-order valence-corrected chi connectivity index (χ4v) is 3.90. The van der Waals surface area contributed by atoms with Crippen molar-refractivity contribution in [2.45, 2.75) is 57.7 Å². The Morgan fingerprint density at radius 1 is 1.14 bits per heavy atom. The number of halogens is 3. The van der Waals surface area contributed by atoms with Gasteiger partial charge in [0.25, 0.3) is 0 Å². The highest BCUT2D eigenvalue weighted by Crippen LogP contribution is 2.46. The van der Waals surface area contributed by atoms with Crippen LogP contribution in [0.3, 0.4) is 0 Å². The second-order valence-electron chi connectivity index (χ2n) is 6.93. The van der Waals surface area contributed by atoms with Gasteiger partial charge in [0.2, 0.25) is 5.91 Å². The van der Waals surface area contributed by atoms with Crippen molar-refractivity contribution in [2.75, 3.05) is 6.54 Å². The second kappa shape index (κ2) is 5.74. The van der Waals surface area contributed by atoms with E-state index in [1.165, 1.54) is 18.7 Å². The zero-order chi connectivity index (χ0) is 16.7. The summed E-state index contributed by atoms with van der Waals surface area (Å²) in [5.41, 5.74) is -1.27. The summed E-state index contributed by atoms with van der Waals surface area (Å²) in [4.78, 5) is 25.0. The number of hydrogen-bond acceptors (Lipinski definition) is 2. The first-order valence-corrected chi connectivity index (χ1v) is 7.66. The number of rotatable bonds is 2. The van der Waals surface area contributed by atoms with E-state index in [2.05, 4.69) is 0 Å². The smallest absolute Gasteiger partial charge is 0.394 e. The van der Waals surface area contributed by atoms with Crippen LogP contribution in [0.4, 0.5) is 13.2 Å². The summed E-state index contributed by atoms with van der Waals surface area (Å²) in [6.45, 7) is 2.99. The van der Waals surface area contributed by atoms with Gasteiger partial charge in [0.1, 0.15) is 0 Å². The highest BCUT2D eigenvalue weighted by Gasteiger charge is 2.56. The predicted molar refractivity (Wildman–Crippen MR) is 73.0 cm³/mol. The summed E-state index contributed by atoms with van der Waals surface area (Å²) in [5, 5.41) is 9.08. The van der Waals surface area contributed by atoms with Crippen LogP contribution in [0, 0.1) is 17.8 Å². The van der Waals surface area contributed by atoms with Crippen LogP contribution in [0.1, 0.15) is 46.0 Å². The van der Waals surface area contributed by atoms with Crippen LogP contribution >= 0.6 is 0 Å². The molecule has 0 spiro atoms. The molecule has 1 heterocycles.